The average Bonchev–Trinajstić information content (AvgIpc) is 2.05. The topological polar surface area (TPSA) is 33.1 Å². The van der Waals surface area contributed by atoms with Crippen LogP contribution in [0.5, 0.6) is 0 Å². The molecule has 0 aromatic carbocycles. The van der Waals surface area contributed by atoms with Crippen LogP contribution in [0.3, 0.4) is 0 Å². The molecule has 0 fully saturated rings. The molecule has 0 saturated carbocycles. The lowest BCUT2D eigenvalue weighted by atomic mass is 10.1. The van der Waals surface area contributed by atoms with E-state index in [1.165, 1.54) is 0 Å². The fourth-order valence-electron chi connectivity index (χ4n) is 0.773. The van der Waals surface area contributed by atoms with Crippen molar-refractivity contribution < 1.29 is 5.11 Å². The van der Waals surface area contributed by atoms with E-state index in [9.17, 15) is 0 Å². The smallest absolute Gasteiger partial charge is 0.0497 e. The summed E-state index contributed by atoms with van der Waals surface area (Å²) < 4.78 is 0. The highest BCUT2D eigenvalue weighted by molar-refractivity contribution is 5.13. The third-order valence-corrected chi connectivity index (χ3v) is 1.53. The zero-order valence-corrected chi connectivity index (χ0v) is 5.99. The van der Waals surface area contributed by atoms with Gasteiger partial charge in [-0.3, -0.25) is 4.98 Å². The Morgan fingerprint density at radius 2 is 2.50 bits per heavy atom. The van der Waals surface area contributed by atoms with Crippen molar-refractivity contribution in [2.75, 3.05) is 6.61 Å². The molecule has 0 aliphatic carbocycles. The zero-order valence-electron chi connectivity index (χ0n) is 5.99. The molecule has 0 amide bonds. The van der Waals surface area contributed by atoms with Crippen LogP contribution in [0.25, 0.3) is 0 Å². The number of aromatic nitrogens is 1. The van der Waals surface area contributed by atoms with Crippen LogP contribution in [-0.2, 0) is 0 Å². The van der Waals surface area contributed by atoms with Crippen LogP contribution in [0, 0.1) is 0 Å². The molecule has 2 nitrogen and oxygen atoms in total. The lowest BCUT2D eigenvalue weighted by Gasteiger charge is -2.05. The first-order valence-electron chi connectivity index (χ1n) is 3.35. The maximum Gasteiger partial charge on any atom is 0.0497 e. The first kappa shape index (κ1) is 7.22. The normalized spacial score (nSPS) is 13.0. The van der Waals surface area contributed by atoms with E-state index in [0.29, 0.717) is 0 Å². The number of aliphatic hydroxyl groups excluding tert-OH is 1. The summed E-state index contributed by atoms with van der Waals surface area (Å²) in [5.74, 6) is 0.202. The second kappa shape index (κ2) is 3.32. The standard InChI is InChI=1S/C8H11NO/c1-7(6-10)8-3-2-4-9-5-8/h2-5,7,10H,6H2,1H3/t7-/m1/s1. The maximum absolute atomic E-state index is 8.76. The van der Waals surface area contributed by atoms with Gasteiger partial charge in [0, 0.05) is 24.9 Å². The third-order valence-electron chi connectivity index (χ3n) is 1.53. The largest absolute Gasteiger partial charge is 0.396 e. The molecular formula is C8H11NO. The van der Waals surface area contributed by atoms with Gasteiger partial charge in [-0.1, -0.05) is 13.0 Å². The average molecular weight is 137 g/mol. The summed E-state index contributed by atoms with van der Waals surface area (Å²) in [4.78, 5) is 3.94. The number of hydrogen-bond donors (Lipinski definition) is 1. The number of pyridine rings is 1. The number of hydrogen-bond acceptors (Lipinski definition) is 2. The van der Waals surface area contributed by atoms with Crippen molar-refractivity contribution in [3.05, 3.63) is 30.1 Å². The van der Waals surface area contributed by atoms with Gasteiger partial charge in [-0.05, 0) is 11.6 Å². The maximum atomic E-state index is 8.76. The molecule has 0 radical (unpaired) electrons. The quantitative estimate of drug-likeness (QED) is 0.664. The summed E-state index contributed by atoms with van der Waals surface area (Å²) >= 11 is 0. The summed E-state index contributed by atoms with van der Waals surface area (Å²) in [5, 5.41) is 8.76. The van der Waals surface area contributed by atoms with Crippen molar-refractivity contribution in [3.63, 3.8) is 0 Å². The van der Waals surface area contributed by atoms with E-state index in [-0.39, 0.29) is 12.5 Å². The SMILES string of the molecule is C[C@H](CO)c1cccnc1. The van der Waals surface area contributed by atoms with Gasteiger partial charge in [0.05, 0.1) is 0 Å². The van der Waals surface area contributed by atoms with Gasteiger partial charge in [-0.25, -0.2) is 0 Å². The molecule has 0 bridgehead atoms. The monoisotopic (exact) mass is 137 g/mol. The van der Waals surface area contributed by atoms with E-state index in [1.54, 1.807) is 12.4 Å². The molecule has 1 atom stereocenters. The van der Waals surface area contributed by atoms with Crippen LogP contribution in [0.15, 0.2) is 24.5 Å². The first-order valence-corrected chi connectivity index (χ1v) is 3.35. The Labute approximate surface area is 60.5 Å². The summed E-state index contributed by atoms with van der Waals surface area (Å²) in [6.45, 7) is 2.16. The Bertz CT molecular complexity index is 186. The molecule has 1 heterocycles. The summed E-state index contributed by atoms with van der Waals surface area (Å²) in [7, 11) is 0. The van der Waals surface area contributed by atoms with Crippen LogP contribution >= 0.6 is 0 Å². The highest BCUT2D eigenvalue weighted by Gasteiger charge is 2.00. The molecule has 0 saturated heterocycles. The van der Waals surface area contributed by atoms with E-state index < -0.39 is 0 Å². The molecule has 0 unspecified atom stereocenters. The van der Waals surface area contributed by atoms with Gasteiger partial charge >= 0.3 is 0 Å². The van der Waals surface area contributed by atoms with Crippen LogP contribution in [0.1, 0.15) is 18.4 Å². The molecule has 1 aromatic heterocycles. The Morgan fingerprint density at radius 1 is 1.70 bits per heavy atom. The molecule has 1 N–H and O–H groups in total. The number of aliphatic hydroxyl groups is 1. The Hall–Kier alpha value is -0.890. The Kier molecular flexibility index (Phi) is 2.40. The minimum atomic E-state index is 0.186. The highest BCUT2D eigenvalue weighted by Crippen LogP contribution is 2.10. The van der Waals surface area contributed by atoms with Crippen molar-refractivity contribution >= 4 is 0 Å². The minimum Gasteiger partial charge on any atom is -0.396 e. The number of rotatable bonds is 2. The van der Waals surface area contributed by atoms with Crippen molar-refractivity contribution in [2.24, 2.45) is 0 Å². The van der Waals surface area contributed by atoms with Gasteiger partial charge in [0.15, 0.2) is 0 Å². The van der Waals surface area contributed by atoms with Crippen molar-refractivity contribution in [1.29, 1.82) is 0 Å². The number of nitrogens with zero attached hydrogens (tertiary/aromatic N) is 1. The van der Waals surface area contributed by atoms with Gasteiger partial charge in [0.1, 0.15) is 0 Å². The van der Waals surface area contributed by atoms with E-state index >= 15 is 0 Å². The van der Waals surface area contributed by atoms with Gasteiger partial charge in [-0.15, -0.1) is 0 Å². The summed E-state index contributed by atoms with van der Waals surface area (Å²) in [5.41, 5.74) is 1.09. The molecule has 0 aliphatic heterocycles. The highest BCUT2D eigenvalue weighted by atomic mass is 16.3. The van der Waals surface area contributed by atoms with E-state index in [0.717, 1.165) is 5.56 Å². The van der Waals surface area contributed by atoms with Crippen LogP contribution in [0.4, 0.5) is 0 Å². The molecule has 1 aromatic rings. The molecule has 2 heteroatoms. The molecule has 54 valence electrons. The zero-order chi connectivity index (χ0) is 7.40. The molecule has 1 rings (SSSR count). The van der Waals surface area contributed by atoms with Crippen molar-refractivity contribution in [1.82, 2.24) is 4.98 Å². The molecule has 0 spiro atoms. The van der Waals surface area contributed by atoms with E-state index in [2.05, 4.69) is 4.98 Å². The minimum absolute atomic E-state index is 0.186. The van der Waals surface area contributed by atoms with Gasteiger partial charge < -0.3 is 5.11 Å². The van der Waals surface area contributed by atoms with Crippen LogP contribution < -0.4 is 0 Å². The van der Waals surface area contributed by atoms with E-state index in [1.807, 2.05) is 19.1 Å². The fourth-order valence-corrected chi connectivity index (χ4v) is 0.773. The molecule has 0 aliphatic rings. The first-order chi connectivity index (χ1) is 4.84. The third kappa shape index (κ3) is 1.54. The Balaban J connectivity index is 2.75. The second-order valence-corrected chi connectivity index (χ2v) is 2.37. The summed E-state index contributed by atoms with van der Waals surface area (Å²) in [6, 6.07) is 3.84. The van der Waals surface area contributed by atoms with Crippen LogP contribution in [0.2, 0.25) is 0 Å². The van der Waals surface area contributed by atoms with Gasteiger partial charge in [0.2, 0.25) is 0 Å². The predicted octanol–water partition coefficient (Wildman–Crippen LogP) is 1.18. The van der Waals surface area contributed by atoms with Gasteiger partial charge in [-0.2, -0.15) is 0 Å². The lowest BCUT2D eigenvalue weighted by molar-refractivity contribution is 0.273. The lowest BCUT2D eigenvalue weighted by Crippen LogP contribution is -1.98. The van der Waals surface area contributed by atoms with Crippen molar-refractivity contribution in [2.45, 2.75) is 12.8 Å². The fraction of sp³-hybridized carbons (Fsp3) is 0.375. The predicted molar refractivity (Wildman–Crippen MR) is 39.7 cm³/mol. The molecular weight excluding hydrogens is 126 g/mol. The van der Waals surface area contributed by atoms with E-state index in [4.69, 9.17) is 5.11 Å². The second-order valence-electron chi connectivity index (χ2n) is 2.37. The summed E-state index contributed by atoms with van der Waals surface area (Å²) in [6.07, 6.45) is 3.51. The van der Waals surface area contributed by atoms with Crippen molar-refractivity contribution in [3.8, 4) is 0 Å². The van der Waals surface area contributed by atoms with Gasteiger partial charge in [0.25, 0.3) is 0 Å². The molecule has 10 heavy (non-hydrogen) atoms. The van der Waals surface area contributed by atoms with Crippen LogP contribution in [-0.4, -0.2) is 16.7 Å². The Morgan fingerprint density at radius 3 is 3.00 bits per heavy atom.